The molecule has 21 heavy (non-hydrogen) atoms. The number of hydrogen-bond donors (Lipinski definition) is 1. The molecule has 1 aliphatic rings. The number of carbonyl (C=O) groups is 1. The average Bonchev–Trinajstić information content (AvgIpc) is 2.31. The lowest BCUT2D eigenvalue weighted by molar-refractivity contribution is -0.118. The third-order valence-electron chi connectivity index (χ3n) is 3.65. The van der Waals surface area contributed by atoms with E-state index in [1.54, 1.807) is 13.8 Å². The fraction of sp³-hybridized carbons (Fsp3) is 0.643. The van der Waals surface area contributed by atoms with Crippen LogP contribution in [0.1, 0.15) is 34.1 Å². The summed E-state index contributed by atoms with van der Waals surface area (Å²) in [6, 6.07) is 0. The first-order chi connectivity index (χ1) is 9.65. The van der Waals surface area contributed by atoms with Gasteiger partial charge >= 0.3 is 0 Å². The highest BCUT2D eigenvalue weighted by Crippen LogP contribution is 2.44. The van der Waals surface area contributed by atoms with E-state index in [2.05, 4.69) is 4.36 Å². The fourth-order valence-electron chi connectivity index (χ4n) is 2.79. The van der Waals surface area contributed by atoms with E-state index in [0.717, 1.165) is 6.08 Å². The van der Waals surface area contributed by atoms with Crippen LogP contribution in [-0.2, 0) is 19.8 Å². The minimum atomic E-state index is -2.08. The van der Waals surface area contributed by atoms with Crippen LogP contribution in [-0.4, -0.2) is 5.91 Å². The van der Waals surface area contributed by atoms with Gasteiger partial charge in [-0.2, -0.15) is 0 Å². The standard InChI is InChI=1S/C14H21F2N2O2S/c1-7(2)9-5-11(15)14(16)13(8(3)4)10(9)6-12(19)18-21(17)20/h5,7-8,10,13H,6H2,1-4H3,(H2,17,18,19,20)/q-1. The zero-order chi connectivity index (χ0) is 16.3. The highest BCUT2D eigenvalue weighted by atomic mass is 32.2. The lowest BCUT2D eigenvalue weighted by Crippen LogP contribution is -2.29. The van der Waals surface area contributed by atoms with Gasteiger partial charge in [0.05, 0.1) is 0 Å². The molecule has 1 rings (SSSR count). The molecule has 0 spiro atoms. The van der Waals surface area contributed by atoms with Crippen LogP contribution < -0.4 is 5.14 Å². The molecule has 0 fully saturated rings. The summed E-state index contributed by atoms with van der Waals surface area (Å²) in [6.45, 7) is 7.26. The predicted molar refractivity (Wildman–Crippen MR) is 78.3 cm³/mol. The summed E-state index contributed by atoms with van der Waals surface area (Å²) in [6.07, 6.45) is 1.03. The van der Waals surface area contributed by atoms with Crippen LogP contribution in [0.3, 0.4) is 0 Å². The zero-order valence-electron chi connectivity index (χ0n) is 12.6. The molecule has 120 valence electrons. The Kier molecular flexibility index (Phi) is 6.22. The second kappa shape index (κ2) is 7.26. The highest BCUT2D eigenvalue weighted by molar-refractivity contribution is 7.72. The topological polar surface area (TPSA) is 72.5 Å². The van der Waals surface area contributed by atoms with Crippen LogP contribution >= 0.6 is 0 Å². The van der Waals surface area contributed by atoms with Crippen LogP contribution in [0.4, 0.5) is 8.78 Å². The molecule has 2 atom stereocenters. The minimum Gasteiger partial charge on any atom is -0.430 e. The van der Waals surface area contributed by atoms with Crippen LogP contribution in [0.2, 0.25) is 0 Å². The number of nitrogens with two attached hydrogens (primary N) is 1. The number of hydrogen-bond acceptors (Lipinski definition) is 3. The Hall–Kier alpha value is -1.08. The normalized spacial score (nSPS) is 24.7. The Labute approximate surface area is 125 Å². The number of rotatable bonds is 4. The first-order valence-electron chi connectivity index (χ1n) is 6.82. The molecule has 2 unspecified atom stereocenters. The van der Waals surface area contributed by atoms with Crippen molar-refractivity contribution in [3.05, 3.63) is 23.3 Å². The van der Waals surface area contributed by atoms with Crippen molar-refractivity contribution in [1.29, 1.82) is 0 Å². The molecule has 4 nitrogen and oxygen atoms in total. The quantitative estimate of drug-likeness (QED) is 0.805. The molecule has 1 amide bonds. The lowest BCUT2D eigenvalue weighted by Gasteiger charge is -2.35. The predicted octanol–water partition coefficient (Wildman–Crippen LogP) is 3.56. The van der Waals surface area contributed by atoms with E-state index in [1.165, 1.54) is 0 Å². The molecule has 2 N–H and O–H groups in total. The maximum atomic E-state index is 14.1. The molecule has 0 radical (unpaired) electrons. The summed E-state index contributed by atoms with van der Waals surface area (Å²) in [7, 11) is -2.08. The van der Waals surface area contributed by atoms with Gasteiger partial charge in [-0.3, -0.25) is 4.79 Å². The van der Waals surface area contributed by atoms with Crippen LogP contribution in [0.5, 0.6) is 0 Å². The Morgan fingerprint density at radius 2 is 1.95 bits per heavy atom. The van der Waals surface area contributed by atoms with Crippen molar-refractivity contribution in [3.8, 4) is 0 Å². The Balaban J connectivity index is 3.22. The molecule has 0 aromatic rings. The third-order valence-corrected chi connectivity index (χ3v) is 4.03. The van der Waals surface area contributed by atoms with Gasteiger partial charge in [0, 0.05) is 12.3 Å². The highest BCUT2D eigenvalue weighted by Gasteiger charge is 2.38. The number of carbonyl (C=O) groups excluding carboxylic acids is 1. The van der Waals surface area contributed by atoms with Gasteiger partial charge in [0.15, 0.2) is 5.83 Å². The molecule has 0 aliphatic heterocycles. The van der Waals surface area contributed by atoms with Crippen molar-refractivity contribution in [2.75, 3.05) is 0 Å². The summed E-state index contributed by atoms with van der Waals surface area (Å²) < 4.78 is 41.9. The van der Waals surface area contributed by atoms with Crippen molar-refractivity contribution in [2.24, 2.45) is 33.2 Å². The SMILES string of the molecule is CC(C)C1=CC(F)=C(F)C(C(C)C)C1CC(=O)N=[S-](N)=O. The first kappa shape index (κ1) is 18.0. The molecular formula is C14H21F2N2O2S-. The summed E-state index contributed by atoms with van der Waals surface area (Å²) in [5.74, 6) is -3.80. The summed E-state index contributed by atoms with van der Waals surface area (Å²) in [4.78, 5) is 11.7. The molecule has 0 saturated heterocycles. The van der Waals surface area contributed by atoms with Crippen molar-refractivity contribution >= 4 is 16.7 Å². The van der Waals surface area contributed by atoms with Crippen molar-refractivity contribution in [3.63, 3.8) is 0 Å². The number of nitrogens with zero attached hydrogens (tertiary/aromatic N) is 1. The molecular weight excluding hydrogens is 298 g/mol. The third kappa shape index (κ3) is 4.44. The van der Waals surface area contributed by atoms with Gasteiger partial charge in [0.25, 0.3) is 0 Å². The molecule has 7 heteroatoms. The van der Waals surface area contributed by atoms with Crippen molar-refractivity contribution < 1.29 is 17.8 Å². The van der Waals surface area contributed by atoms with Crippen LogP contribution in [0.25, 0.3) is 0 Å². The van der Waals surface area contributed by atoms with E-state index in [9.17, 15) is 17.8 Å². The second-order valence-corrected chi connectivity index (χ2v) is 6.57. The van der Waals surface area contributed by atoms with Gasteiger partial charge in [-0.05, 0) is 23.8 Å². The van der Waals surface area contributed by atoms with E-state index < -0.39 is 40.2 Å². The number of amides is 1. The Morgan fingerprint density at radius 3 is 2.38 bits per heavy atom. The number of halogens is 2. The Bertz CT molecular complexity index is 561. The van der Waals surface area contributed by atoms with E-state index >= 15 is 0 Å². The first-order valence-corrected chi connectivity index (χ1v) is 7.99. The largest absolute Gasteiger partial charge is 0.430 e. The van der Waals surface area contributed by atoms with Crippen molar-refractivity contribution in [2.45, 2.75) is 34.1 Å². The minimum absolute atomic E-state index is 0.0359. The van der Waals surface area contributed by atoms with Gasteiger partial charge in [-0.15, -0.1) is 10.8 Å². The monoisotopic (exact) mass is 319 g/mol. The van der Waals surface area contributed by atoms with Gasteiger partial charge < -0.3 is 13.7 Å². The average molecular weight is 319 g/mol. The molecule has 0 bridgehead atoms. The van der Waals surface area contributed by atoms with Crippen LogP contribution in [0.15, 0.2) is 27.7 Å². The molecule has 0 aromatic carbocycles. The fourth-order valence-corrected chi connectivity index (χ4v) is 3.06. The van der Waals surface area contributed by atoms with Gasteiger partial charge in [0.2, 0.25) is 5.91 Å². The maximum absolute atomic E-state index is 14.1. The summed E-state index contributed by atoms with van der Waals surface area (Å²) >= 11 is 0. The van der Waals surface area contributed by atoms with Gasteiger partial charge in [0.1, 0.15) is 5.83 Å². The zero-order valence-corrected chi connectivity index (χ0v) is 13.4. The van der Waals surface area contributed by atoms with E-state index in [-0.39, 0.29) is 18.3 Å². The van der Waals surface area contributed by atoms with E-state index in [4.69, 9.17) is 5.14 Å². The summed E-state index contributed by atoms with van der Waals surface area (Å²) in [5.41, 5.74) is 0.666. The van der Waals surface area contributed by atoms with Gasteiger partial charge in [-0.1, -0.05) is 33.3 Å². The molecule has 0 saturated carbocycles. The van der Waals surface area contributed by atoms with E-state index in [0.29, 0.717) is 5.57 Å². The van der Waals surface area contributed by atoms with E-state index in [1.807, 2.05) is 13.8 Å². The molecule has 1 aliphatic carbocycles. The van der Waals surface area contributed by atoms with Crippen molar-refractivity contribution in [1.82, 2.24) is 0 Å². The maximum Gasteiger partial charge on any atom is 0.224 e. The molecule has 0 aromatic heterocycles. The Morgan fingerprint density at radius 1 is 1.38 bits per heavy atom. The molecule has 0 heterocycles. The summed E-state index contributed by atoms with van der Waals surface area (Å²) in [5, 5.41) is 4.96. The van der Waals surface area contributed by atoms with Gasteiger partial charge in [-0.25, -0.2) is 8.78 Å². The lowest BCUT2D eigenvalue weighted by atomic mass is 9.70. The second-order valence-electron chi connectivity index (χ2n) is 5.84. The number of allylic oxidation sites excluding steroid dienone is 4. The van der Waals surface area contributed by atoms with Crippen LogP contribution in [0, 0.1) is 23.7 Å². The smallest absolute Gasteiger partial charge is 0.224 e.